The van der Waals surface area contributed by atoms with E-state index in [1.54, 1.807) is 6.92 Å². The Morgan fingerprint density at radius 1 is 1.02 bits per heavy atom. The molecule has 0 saturated heterocycles. The van der Waals surface area contributed by atoms with Gasteiger partial charge in [0.15, 0.2) is 5.78 Å². The Bertz CT molecular complexity index is 1930. The summed E-state index contributed by atoms with van der Waals surface area (Å²) < 4.78 is 86.2. The van der Waals surface area contributed by atoms with Gasteiger partial charge in [-0.2, -0.15) is 18.4 Å². The summed E-state index contributed by atoms with van der Waals surface area (Å²) in [7, 11) is -4.31. The van der Waals surface area contributed by atoms with Crippen LogP contribution < -0.4 is 9.62 Å². The third kappa shape index (κ3) is 7.92. The van der Waals surface area contributed by atoms with E-state index in [2.05, 4.69) is 5.32 Å². The van der Waals surface area contributed by atoms with Gasteiger partial charge >= 0.3 is 6.18 Å². The summed E-state index contributed by atoms with van der Waals surface area (Å²) in [6, 6.07) is 15.7. The van der Waals surface area contributed by atoms with E-state index in [9.17, 15) is 40.8 Å². The molecule has 1 amide bonds. The summed E-state index contributed by atoms with van der Waals surface area (Å²) >= 11 is 0. The number of benzene rings is 3. The standard InChI is InChI=1S/C32H29F4N3O5S.CH4/c1-5-26(40)28-24-16-23(20-7-6-8-21(15-20)30(41)38-31(2,3)18-37)25(39(45(4,42)43)14-13-32(34,35)36)17-27(24)44-29(28)19-9-11-22(33)12-10-19;/h6-12,15-17H,5,13-14H2,1-4H3,(H,38,41);1H4. The molecule has 46 heavy (non-hydrogen) atoms. The number of rotatable bonds is 10. The second kappa shape index (κ2) is 13.3. The number of sulfonamides is 1. The number of hydrogen-bond donors (Lipinski definition) is 1. The van der Waals surface area contributed by atoms with Gasteiger partial charge in [-0.3, -0.25) is 13.9 Å². The lowest BCUT2D eigenvalue weighted by atomic mass is 9.95. The smallest absolute Gasteiger partial charge is 0.390 e. The van der Waals surface area contributed by atoms with Crippen LogP contribution >= 0.6 is 0 Å². The van der Waals surface area contributed by atoms with Crippen LogP contribution in [0.1, 0.15) is 61.8 Å². The lowest BCUT2D eigenvalue weighted by Gasteiger charge is -2.26. The predicted molar refractivity (Wildman–Crippen MR) is 168 cm³/mol. The van der Waals surface area contributed by atoms with E-state index >= 15 is 0 Å². The maximum absolute atomic E-state index is 13.7. The zero-order valence-corrected chi connectivity index (χ0v) is 25.6. The zero-order valence-electron chi connectivity index (χ0n) is 24.8. The monoisotopic (exact) mass is 659 g/mol. The van der Waals surface area contributed by atoms with Crippen molar-refractivity contribution in [3.63, 3.8) is 0 Å². The first kappa shape index (κ1) is 35.8. The molecule has 8 nitrogen and oxygen atoms in total. The highest BCUT2D eigenvalue weighted by Crippen LogP contribution is 2.42. The Hall–Kier alpha value is -4.70. The van der Waals surface area contributed by atoms with Gasteiger partial charge in [-0.25, -0.2) is 12.8 Å². The molecular weight excluding hydrogens is 626 g/mol. The second-order valence-electron chi connectivity index (χ2n) is 10.9. The lowest BCUT2D eigenvalue weighted by Crippen LogP contribution is -2.42. The first-order chi connectivity index (χ1) is 20.9. The van der Waals surface area contributed by atoms with Crippen molar-refractivity contribution in [2.45, 2.75) is 52.8 Å². The number of hydrogen-bond acceptors (Lipinski definition) is 6. The van der Waals surface area contributed by atoms with Crippen molar-refractivity contribution in [2.24, 2.45) is 0 Å². The minimum Gasteiger partial charge on any atom is -0.455 e. The minimum atomic E-state index is -4.68. The topological polar surface area (TPSA) is 120 Å². The molecule has 0 bridgehead atoms. The molecule has 1 N–H and O–H groups in total. The van der Waals surface area contributed by atoms with Gasteiger partial charge in [0.05, 0.1) is 30.0 Å². The van der Waals surface area contributed by atoms with E-state index in [0.717, 1.165) is 6.26 Å². The van der Waals surface area contributed by atoms with Crippen LogP contribution in [0.5, 0.6) is 0 Å². The average molecular weight is 660 g/mol. The van der Waals surface area contributed by atoms with Crippen LogP contribution in [-0.4, -0.2) is 44.6 Å². The second-order valence-corrected chi connectivity index (χ2v) is 12.8. The number of anilines is 1. The molecule has 0 saturated carbocycles. The van der Waals surface area contributed by atoms with Gasteiger partial charge in [0, 0.05) is 41.1 Å². The van der Waals surface area contributed by atoms with Crippen LogP contribution in [-0.2, 0) is 10.0 Å². The first-order valence-electron chi connectivity index (χ1n) is 13.7. The number of fused-ring (bicyclic) bond motifs is 1. The lowest BCUT2D eigenvalue weighted by molar-refractivity contribution is -0.131. The van der Waals surface area contributed by atoms with Gasteiger partial charge < -0.3 is 9.73 Å². The van der Waals surface area contributed by atoms with Crippen LogP contribution in [0.3, 0.4) is 0 Å². The number of Topliss-reactive ketones (excluding diaryl/α,β-unsaturated/α-hetero) is 1. The number of carbonyl (C=O) groups excluding carboxylic acids is 2. The highest BCUT2D eigenvalue weighted by molar-refractivity contribution is 7.92. The van der Waals surface area contributed by atoms with Gasteiger partial charge in [0.25, 0.3) is 5.91 Å². The van der Waals surface area contributed by atoms with Crippen LogP contribution in [0.2, 0.25) is 0 Å². The van der Waals surface area contributed by atoms with Crippen molar-refractivity contribution in [3.8, 4) is 28.5 Å². The van der Waals surface area contributed by atoms with E-state index in [-0.39, 0.29) is 64.3 Å². The molecule has 0 aliphatic heterocycles. The molecule has 0 radical (unpaired) electrons. The van der Waals surface area contributed by atoms with E-state index in [1.165, 1.54) is 74.5 Å². The molecule has 0 spiro atoms. The Labute approximate surface area is 264 Å². The molecule has 4 rings (SSSR count). The number of furan rings is 1. The Morgan fingerprint density at radius 2 is 1.67 bits per heavy atom. The molecule has 0 atom stereocenters. The van der Waals surface area contributed by atoms with Gasteiger partial charge in [0.2, 0.25) is 10.0 Å². The van der Waals surface area contributed by atoms with Crippen molar-refractivity contribution >= 4 is 38.4 Å². The number of carbonyl (C=O) groups is 2. The summed E-state index contributed by atoms with van der Waals surface area (Å²) in [5.74, 6) is -1.42. The van der Waals surface area contributed by atoms with Gasteiger partial charge in [-0.15, -0.1) is 0 Å². The summed E-state index contributed by atoms with van der Waals surface area (Å²) in [6.45, 7) is 3.66. The number of nitrogens with zero attached hydrogens (tertiary/aromatic N) is 2. The van der Waals surface area contributed by atoms with Crippen molar-refractivity contribution in [1.82, 2.24) is 5.32 Å². The average Bonchev–Trinajstić information content (AvgIpc) is 3.33. The zero-order chi connectivity index (χ0) is 33.3. The third-order valence-electron chi connectivity index (χ3n) is 6.92. The van der Waals surface area contributed by atoms with Gasteiger partial charge in [0.1, 0.15) is 22.7 Å². The van der Waals surface area contributed by atoms with Crippen molar-refractivity contribution in [3.05, 3.63) is 77.6 Å². The highest BCUT2D eigenvalue weighted by atomic mass is 32.2. The van der Waals surface area contributed by atoms with E-state index in [1.807, 2.05) is 6.07 Å². The number of nitriles is 1. The first-order valence-corrected chi connectivity index (χ1v) is 15.6. The molecule has 0 aliphatic carbocycles. The summed E-state index contributed by atoms with van der Waals surface area (Å²) in [6.07, 6.45) is -5.32. The molecule has 13 heteroatoms. The van der Waals surface area contributed by atoms with Crippen LogP contribution in [0.25, 0.3) is 33.4 Å². The van der Waals surface area contributed by atoms with Crippen LogP contribution in [0.4, 0.5) is 23.2 Å². The quantitative estimate of drug-likeness (QED) is 0.137. The van der Waals surface area contributed by atoms with E-state index in [4.69, 9.17) is 4.42 Å². The number of amides is 1. The van der Waals surface area contributed by atoms with Gasteiger partial charge in [-0.1, -0.05) is 26.5 Å². The minimum absolute atomic E-state index is 0. The summed E-state index contributed by atoms with van der Waals surface area (Å²) in [5.41, 5.74) is -0.483. The SMILES string of the molecule is C.CCC(=O)c1c(-c2ccc(F)cc2)oc2cc(N(CCC(F)(F)F)S(C)(=O)=O)c(-c3cccc(C(=O)NC(C)(C)C#N)c3)cc12. The number of ketones is 1. The largest absolute Gasteiger partial charge is 0.455 e. The van der Waals surface area contributed by atoms with E-state index in [0.29, 0.717) is 9.87 Å². The van der Waals surface area contributed by atoms with Crippen molar-refractivity contribution in [2.75, 3.05) is 17.1 Å². The fourth-order valence-corrected chi connectivity index (χ4v) is 5.66. The molecule has 244 valence electrons. The fraction of sp³-hybridized carbons (Fsp3) is 0.303. The maximum Gasteiger partial charge on any atom is 0.390 e. The molecule has 4 aromatic rings. The fourth-order valence-electron chi connectivity index (χ4n) is 4.73. The molecule has 3 aromatic carbocycles. The molecular formula is C33H33F4N3O5S. The van der Waals surface area contributed by atoms with Gasteiger partial charge in [-0.05, 0) is 61.9 Å². The Kier molecular flexibility index (Phi) is 10.4. The van der Waals surface area contributed by atoms with Crippen molar-refractivity contribution < 1.29 is 40.0 Å². The molecule has 0 unspecified atom stereocenters. The highest BCUT2D eigenvalue weighted by Gasteiger charge is 2.32. The van der Waals surface area contributed by atoms with Crippen molar-refractivity contribution in [1.29, 1.82) is 5.26 Å². The van der Waals surface area contributed by atoms with Crippen LogP contribution in [0.15, 0.2) is 65.1 Å². The number of nitrogens with one attached hydrogen (secondary N) is 1. The molecule has 1 heterocycles. The molecule has 1 aromatic heterocycles. The number of alkyl halides is 3. The van der Waals surface area contributed by atoms with Crippen LogP contribution in [0, 0.1) is 17.1 Å². The van der Waals surface area contributed by atoms with E-state index < -0.39 is 46.4 Å². The third-order valence-corrected chi connectivity index (χ3v) is 8.10. The molecule has 0 fully saturated rings. The summed E-state index contributed by atoms with van der Waals surface area (Å²) in [5, 5.41) is 12.1. The normalized spacial score (nSPS) is 11.9. The number of halogens is 4. The Morgan fingerprint density at radius 3 is 2.24 bits per heavy atom. The molecule has 0 aliphatic rings. The summed E-state index contributed by atoms with van der Waals surface area (Å²) in [4.78, 5) is 26.2. The Balaban J connectivity index is 0.00000576. The predicted octanol–water partition coefficient (Wildman–Crippen LogP) is 7.89. The maximum atomic E-state index is 13.7.